The Morgan fingerprint density at radius 2 is 1.93 bits per heavy atom. The van der Waals surface area contributed by atoms with Crippen molar-refractivity contribution >= 4 is 11.8 Å². The Morgan fingerprint density at radius 1 is 1.17 bits per heavy atom. The number of nitrogens with zero attached hydrogens (tertiary/aromatic N) is 1. The van der Waals surface area contributed by atoms with Crippen LogP contribution in [-0.4, -0.2) is 62.2 Å². The van der Waals surface area contributed by atoms with Crippen LogP contribution >= 0.6 is 0 Å². The maximum Gasteiger partial charge on any atom is 0.260 e. The van der Waals surface area contributed by atoms with Crippen LogP contribution in [0, 0.1) is 0 Å². The Kier molecular flexibility index (Phi) is 7.89. The van der Waals surface area contributed by atoms with E-state index in [1.807, 2.05) is 23.1 Å². The van der Waals surface area contributed by atoms with Crippen LogP contribution in [-0.2, 0) is 14.3 Å². The SMILES string of the molecule is COC1CCC(c2ccccc2OCC(=O)N2CCC[C@H](NCC(N)=O)C2)CC1. The van der Waals surface area contributed by atoms with Crippen molar-refractivity contribution < 1.29 is 19.1 Å². The highest BCUT2D eigenvalue weighted by Gasteiger charge is 2.26. The summed E-state index contributed by atoms with van der Waals surface area (Å²) >= 11 is 0. The Morgan fingerprint density at radius 3 is 2.66 bits per heavy atom. The number of hydrogen-bond donors (Lipinski definition) is 2. The molecule has 3 N–H and O–H groups in total. The van der Waals surface area contributed by atoms with E-state index in [-0.39, 0.29) is 31.0 Å². The summed E-state index contributed by atoms with van der Waals surface area (Å²) in [5.41, 5.74) is 6.39. The van der Waals surface area contributed by atoms with Gasteiger partial charge in [0.15, 0.2) is 6.61 Å². The summed E-state index contributed by atoms with van der Waals surface area (Å²) in [7, 11) is 1.78. The van der Waals surface area contributed by atoms with Crippen LogP contribution in [0.1, 0.15) is 50.0 Å². The fourth-order valence-electron chi connectivity index (χ4n) is 4.40. The lowest BCUT2D eigenvalue weighted by Crippen LogP contribution is -2.50. The van der Waals surface area contributed by atoms with E-state index in [0.717, 1.165) is 50.8 Å². The van der Waals surface area contributed by atoms with Crippen molar-refractivity contribution in [3.05, 3.63) is 29.8 Å². The standard InChI is InChI=1S/C22H33N3O4/c1-28-18-10-8-16(9-11-18)19-6-2-3-7-20(19)29-15-22(27)25-12-4-5-17(14-25)24-13-21(23)26/h2-3,6-7,16-18,24H,4-5,8-15H2,1H3,(H2,23,26)/t16?,17-,18?/m0/s1. The highest BCUT2D eigenvalue weighted by molar-refractivity contribution is 5.78. The number of benzene rings is 1. The third-order valence-corrected chi connectivity index (χ3v) is 6.06. The van der Waals surface area contributed by atoms with Crippen LogP contribution in [0.5, 0.6) is 5.75 Å². The molecule has 0 unspecified atom stereocenters. The number of carbonyl (C=O) groups excluding carboxylic acids is 2. The fraction of sp³-hybridized carbons (Fsp3) is 0.636. The van der Waals surface area contributed by atoms with Gasteiger partial charge in [0.25, 0.3) is 5.91 Å². The predicted molar refractivity (Wildman–Crippen MR) is 111 cm³/mol. The summed E-state index contributed by atoms with van der Waals surface area (Å²) in [5.74, 6) is 0.855. The molecule has 1 atom stereocenters. The Labute approximate surface area is 172 Å². The summed E-state index contributed by atoms with van der Waals surface area (Å²) < 4.78 is 11.5. The molecule has 2 amide bonds. The number of rotatable bonds is 8. The number of carbonyl (C=O) groups is 2. The number of piperidine rings is 1. The molecule has 0 aromatic heterocycles. The highest BCUT2D eigenvalue weighted by atomic mass is 16.5. The number of primary amides is 1. The molecule has 0 bridgehead atoms. The summed E-state index contributed by atoms with van der Waals surface area (Å²) in [5, 5.41) is 3.12. The van der Waals surface area contributed by atoms with Gasteiger partial charge in [0.05, 0.1) is 12.6 Å². The maximum atomic E-state index is 12.7. The molecule has 1 heterocycles. The Bertz CT molecular complexity index is 688. The molecule has 0 radical (unpaired) electrons. The average Bonchev–Trinajstić information content (AvgIpc) is 2.76. The smallest absolute Gasteiger partial charge is 0.260 e. The minimum Gasteiger partial charge on any atom is -0.483 e. The van der Waals surface area contributed by atoms with Gasteiger partial charge in [-0.15, -0.1) is 0 Å². The van der Waals surface area contributed by atoms with E-state index in [1.54, 1.807) is 7.11 Å². The van der Waals surface area contributed by atoms with Gasteiger partial charge >= 0.3 is 0 Å². The van der Waals surface area contributed by atoms with E-state index in [1.165, 1.54) is 5.56 Å². The van der Waals surface area contributed by atoms with Crippen LogP contribution in [0.15, 0.2) is 24.3 Å². The monoisotopic (exact) mass is 403 g/mol. The molecule has 2 fully saturated rings. The molecule has 1 aromatic rings. The zero-order chi connectivity index (χ0) is 20.6. The first kappa shape index (κ1) is 21.6. The summed E-state index contributed by atoms with van der Waals surface area (Å²) in [6, 6.07) is 8.16. The molecule has 3 rings (SSSR count). The minimum absolute atomic E-state index is 0.0199. The molecule has 1 saturated carbocycles. The van der Waals surface area contributed by atoms with Crippen molar-refractivity contribution in [2.24, 2.45) is 5.73 Å². The second-order valence-corrected chi connectivity index (χ2v) is 8.06. The van der Waals surface area contributed by atoms with E-state index in [4.69, 9.17) is 15.2 Å². The van der Waals surface area contributed by atoms with Gasteiger partial charge in [-0.1, -0.05) is 18.2 Å². The van der Waals surface area contributed by atoms with Crippen LogP contribution in [0.2, 0.25) is 0 Å². The summed E-state index contributed by atoms with van der Waals surface area (Å²) in [6.07, 6.45) is 6.46. The van der Waals surface area contributed by atoms with E-state index in [0.29, 0.717) is 18.6 Å². The van der Waals surface area contributed by atoms with Crippen molar-refractivity contribution in [1.82, 2.24) is 10.2 Å². The number of nitrogens with two attached hydrogens (primary N) is 1. The first-order valence-corrected chi connectivity index (χ1v) is 10.6. The molecule has 1 aliphatic carbocycles. The van der Waals surface area contributed by atoms with Gasteiger partial charge < -0.3 is 25.4 Å². The quantitative estimate of drug-likeness (QED) is 0.690. The number of likely N-dealkylation sites (tertiary alicyclic amines) is 1. The molecule has 1 saturated heterocycles. The van der Waals surface area contributed by atoms with Crippen LogP contribution in [0.3, 0.4) is 0 Å². The third kappa shape index (κ3) is 6.18. The molecule has 29 heavy (non-hydrogen) atoms. The van der Waals surface area contributed by atoms with Crippen molar-refractivity contribution in [2.75, 3.05) is 33.4 Å². The molecule has 160 valence electrons. The molecule has 1 aliphatic heterocycles. The summed E-state index contributed by atoms with van der Waals surface area (Å²) in [4.78, 5) is 25.5. The van der Waals surface area contributed by atoms with Gasteiger partial charge in [-0.3, -0.25) is 9.59 Å². The lowest BCUT2D eigenvalue weighted by molar-refractivity contribution is -0.134. The first-order valence-electron chi connectivity index (χ1n) is 10.6. The number of ether oxygens (including phenoxy) is 2. The van der Waals surface area contributed by atoms with Crippen molar-refractivity contribution in [3.63, 3.8) is 0 Å². The molecule has 0 spiro atoms. The van der Waals surface area contributed by atoms with Gasteiger partial charge in [-0.25, -0.2) is 0 Å². The van der Waals surface area contributed by atoms with E-state index in [9.17, 15) is 9.59 Å². The Balaban J connectivity index is 1.53. The van der Waals surface area contributed by atoms with E-state index >= 15 is 0 Å². The normalized spacial score (nSPS) is 24.9. The predicted octanol–water partition coefficient (Wildman–Crippen LogP) is 1.80. The molecule has 7 nitrogen and oxygen atoms in total. The molecular weight excluding hydrogens is 370 g/mol. The van der Waals surface area contributed by atoms with Gasteiger partial charge in [0.2, 0.25) is 5.91 Å². The Hall–Kier alpha value is -2.12. The van der Waals surface area contributed by atoms with Crippen molar-refractivity contribution in [2.45, 2.75) is 56.6 Å². The van der Waals surface area contributed by atoms with Gasteiger partial charge in [0.1, 0.15) is 5.75 Å². The lowest BCUT2D eigenvalue weighted by atomic mass is 9.82. The number of methoxy groups -OCH3 is 1. The zero-order valence-corrected chi connectivity index (χ0v) is 17.3. The third-order valence-electron chi connectivity index (χ3n) is 6.06. The summed E-state index contributed by atoms with van der Waals surface area (Å²) in [6.45, 7) is 1.48. The number of amides is 2. The number of nitrogens with one attached hydrogen (secondary N) is 1. The van der Waals surface area contributed by atoms with Gasteiger partial charge in [0, 0.05) is 26.2 Å². The largest absolute Gasteiger partial charge is 0.483 e. The van der Waals surface area contributed by atoms with E-state index in [2.05, 4.69) is 11.4 Å². The van der Waals surface area contributed by atoms with Crippen LogP contribution in [0.4, 0.5) is 0 Å². The maximum absolute atomic E-state index is 12.7. The first-order chi connectivity index (χ1) is 14.1. The molecular formula is C22H33N3O4. The minimum atomic E-state index is -0.382. The van der Waals surface area contributed by atoms with Crippen molar-refractivity contribution in [3.8, 4) is 5.75 Å². The molecule has 1 aromatic carbocycles. The van der Waals surface area contributed by atoms with Crippen molar-refractivity contribution in [1.29, 1.82) is 0 Å². The fourth-order valence-corrected chi connectivity index (χ4v) is 4.40. The van der Waals surface area contributed by atoms with Crippen LogP contribution in [0.25, 0.3) is 0 Å². The number of para-hydroxylation sites is 1. The zero-order valence-electron chi connectivity index (χ0n) is 17.3. The van der Waals surface area contributed by atoms with E-state index < -0.39 is 0 Å². The van der Waals surface area contributed by atoms with Gasteiger partial charge in [-0.2, -0.15) is 0 Å². The number of hydrogen-bond acceptors (Lipinski definition) is 5. The molecule has 2 aliphatic rings. The average molecular weight is 404 g/mol. The van der Waals surface area contributed by atoms with Gasteiger partial charge in [-0.05, 0) is 56.1 Å². The van der Waals surface area contributed by atoms with Crippen LogP contribution < -0.4 is 15.8 Å². The molecule has 7 heteroatoms. The highest BCUT2D eigenvalue weighted by Crippen LogP contribution is 2.38. The second-order valence-electron chi connectivity index (χ2n) is 8.06. The second kappa shape index (κ2) is 10.6. The lowest BCUT2D eigenvalue weighted by Gasteiger charge is -2.33. The topological polar surface area (TPSA) is 93.9 Å².